The van der Waals surface area contributed by atoms with Gasteiger partial charge in [-0.25, -0.2) is 0 Å². The maximum Gasteiger partial charge on any atom is 0.422 e. The number of fused-ring (bicyclic) bond motifs is 1. The second kappa shape index (κ2) is 4.54. The summed E-state index contributed by atoms with van der Waals surface area (Å²) in [5, 5.41) is 12.7. The lowest BCUT2D eigenvalue weighted by atomic mass is 9.98. The Kier molecular flexibility index (Phi) is 3.26. The Labute approximate surface area is 96.2 Å². The van der Waals surface area contributed by atoms with E-state index in [4.69, 9.17) is 0 Å². The van der Waals surface area contributed by atoms with Crippen molar-refractivity contribution in [2.45, 2.75) is 18.8 Å². The van der Waals surface area contributed by atoms with E-state index in [1.165, 1.54) is 12.1 Å². The van der Waals surface area contributed by atoms with Gasteiger partial charge in [0.25, 0.3) is 0 Å². The highest BCUT2D eigenvalue weighted by molar-refractivity contribution is 5.38. The first-order valence-electron chi connectivity index (χ1n) is 5.17. The van der Waals surface area contributed by atoms with Crippen molar-refractivity contribution in [2.75, 3.05) is 13.2 Å². The lowest BCUT2D eigenvalue weighted by Gasteiger charge is -2.23. The first-order chi connectivity index (χ1) is 7.96. The summed E-state index contributed by atoms with van der Waals surface area (Å²) < 4.78 is 40.5. The van der Waals surface area contributed by atoms with Gasteiger partial charge < -0.3 is 15.2 Å². The van der Waals surface area contributed by atoms with E-state index in [1.54, 1.807) is 6.07 Å². The molecule has 0 saturated carbocycles. The Balaban J connectivity index is 2.12. The Morgan fingerprint density at radius 3 is 2.88 bits per heavy atom. The van der Waals surface area contributed by atoms with Crippen LogP contribution < -0.4 is 10.1 Å². The number of benzene rings is 1. The first-order valence-corrected chi connectivity index (χ1v) is 5.17. The number of β-amino-alcohol motifs (C(OH)–C–C–N with tert-alkyl or cyclic N) is 1. The van der Waals surface area contributed by atoms with Crippen LogP contribution in [0.25, 0.3) is 0 Å². The highest BCUT2D eigenvalue weighted by Gasteiger charge is 2.28. The van der Waals surface area contributed by atoms with Gasteiger partial charge >= 0.3 is 6.18 Å². The molecule has 1 aromatic rings. The van der Waals surface area contributed by atoms with E-state index in [-0.39, 0.29) is 5.75 Å². The maximum absolute atomic E-state index is 12.0. The van der Waals surface area contributed by atoms with Crippen LogP contribution in [0.15, 0.2) is 18.2 Å². The molecule has 1 unspecified atom stereocenters. The summed E-state index contributed by atoms with van der Waals surface area (Å²) in [5.41, 5.74) is 1.51. The fourth-order valence-electron chi connectivity index (χ4n) is 1.75. The molecule has 0 aliphatic carbocycles. The van der Waals surface area contributed by atoms with Crippen LogP contribution in [0, 0.1) is 0 Å². The van der Waals surface area contributed by atoms with Gasteiger partial charge in [-0.15, -0.1) is 0 Å². The fraction of sp³-hybridized carbons (Fsp3) is 0.455. The molecule has 0 radical (unpaired) electrons. The second-order valence-corrected chi connectivity index (χ2v) is 3.91. The molecular formula is C11H12F3NO2. The number of aliphatic hydroxyl groups is 1. The molecule has 1 aliphatic heterocycles. The van der Waals surface area contributed by atoms with Gasteiger partial charge in [0, 0.05) is 13.1 Å². The van der Waals surface area contributed by atoms with Crippen molar-refractivity contribution >= 4 is 0 Å². The Bertz CT molecular complexity index is 406. The topological polar surface area (TPSA) is 41.5 Å². The lowest BCUT2D eigenvalue weighted by molar-refractivity contribution is -0.153. The van der Waals surface area contributed by atoms with Crippen LogP contribution in [0.4, 0.5) is 13.2 Å². The average Bonchev–Trinajstić information content (AvgIpc) is 2.26. The van der Waals surface area contributed by atoms with Crippen LogP contribution in [0.1, 0.15) is 17.2 Å². The molecule has 1 aromatic carbocycles. The van der Waals surface area contributed by atoms with Gasteiger partial charge in [0.2, 0.25) is 0 Å². The van der Waals surface area contributed by atoms with Gasteiger partial charge in [0.1, 0.15) is 5.75 Å². The zero-order valence-corrected chi connectivity index (χ0v) is 8.92. The molecule has 0 fully saturated rings. The molecule has 3 nitrogen and oxygen atoms in total. The van der Waals surface area contributed by atoms with Gasteiger partial charge in [0.05, 0.1) is 6.10 Å². The monoisotopic (exact) mass is 247 g/mol. The number of alkyl halides is 3. The Morgan fingerprint density at radius 1 is 1.41 bits per heavy atom. The fourth-order valence-corrected chi connectivity index (χ4v) is 1.75. The molecule has 1 atom stereocenters. The van der Waals surface area contributed by atoms with Crippen LogP contribution in [-0.2, 0) is 6.54 Å². The highest BCUT2D eigenvalue weighted by atomic mass is 19.4. The number of rotatable bonds is 2. The molecule has 0 spiro atoms. The molecule has 6 heteroatoms. The third-order valence-electron chi connectivity index (χ3n) is 2.53. The molecule has 0 bridgehead atoms. The van der Waals surface area contributed by atoms with E-state index in [0.29, 0.717) is 18.7 Å². The largest absolute Gasteiger partial charge is 0.484 e. The maximum atomic E-state index is 12.0. The normalized spacial score (nSPS) is 19.9. The van der Waals surface area contributed by atoms with Crippen molar-refractivity contribution in [2.24, 2.45) is 0 Å². The minimum absolute atomic E-state index is 0.127. The minimum Gasteiger partial charge on any atom is -0.484 e. The molecular weight excluding hydrogens is 235 g/mol. The van der Waals surface area contributed by atoms with Crippen LogP contribution in [0.3, 0.4) is 0 Å². The zero-order valence-electron chi connectivity index (χ0n) is 8.92. The van der Waals surface area contributed by atoms with Gasteiger partial charge in [-0.3, -0.25) is 0 Å². The quantitative estimate of drug-likeness (QED) is 0.836. The van der Waals surface area contributed by atoms with E-state index >= 15 is 0 Å². The predicted molar refractivity (Wildman–Crippen MR) is 54.7 cm³/mol. The predicted octanol–water partition coefficient (Wildman–Crippen LogP) is 1.76. The molecule has 94 valence electrons. The number of hydrogen-bond donors (Lipinski definition) is 2. The first kappa shape index (κ1) is 12.2. The Morgan fingerprint density at radius 2 is 2.18 bits per heavy atom. The zero-order chi connectivity index (χ0) is 12.5. The molecule has 1 aliphatic rings. The molecule has 0 saturated heterocycles. The van der Waals surface area contributed by atoms with Crippen LogP contribution in [-0.4, -0.2) is 24.4 Å². The smallest absolute Gasteiger partial charge is 0.422 e. The van der Waals surface area contributed by atoms with Gasteiger partial charge in [0.15, 0.2) is 6.61 Å². The van der Waals surface area contributed by atoms with Crippen molar-refractivity contribution in [1.82, 2.24) is 5.32 Å². The van der Waals surface area contributed by atoms with Crippen LogP contribution in [0.5, 0.6) is 5.75 Å². The molecule has 17 heavy (non-hydrogen) atoms. The molecule has 0 aromatic heterocycles. The van der Waals surface area contributed by atoms with Crippen molar-refractivity contribution in [3.05, 3.63) is 29.3 Å². The van der Waals surface area contributed by atoms with Crippen molar-refractivity contribution in [3.8, 4) is 5.75 Å². The third-order valence-corrected chi connectivity index (χ3v) is 2.53. The average molecular weight is 247 g/mol. The number of halogens is 3. The standard InChI is InChI=1S/C11H12F3NO2/c12-11(13,14)6-17-8-2-1-7-4-15-5-10(16)9(7)3-8/h1-3,10,15-16H,4-6H2. The van der Waals surface area contributed by atoms with E-state index < -0.39 is 18.9 Å². The van der Waals surface area contributed by atoms with E-state index in [2.05, 4.69) is 10.1 Å². The van der Waals surface area contributed by atoms with Crippen molar-refractivity contribution in [3.63, 3.8) is 0 Å². The summed E-state index contributed by atoms with van der Waals surface area (Å²) in [7, 11) is 0. The summed E-state index contributed by atoms with van der Waals surface area (Å²) in [4.78, 5) is 0. The van der Waals surface area contributed by atoms with Crippen LogP contribution in [0.2, 0.25) is 0 Å². The van der Waals surface area contributed by atoms with Gasteiger partial charge in [-0.1, -0.05) is 6.07 Å². The summed E-state index contributed by atoms with van der Waals surface area (Å²) in [5.74, 6) is 0.127. The van der Waals surface area contributed by atoms with E-state index in [1.807, 2.05) is 0 Å². The highest BCUT2D eigenvalue weighted by Crippen LogP contribution is 2.27. The minimum atomic E-state index is -4.35. The molecule has 2 rings (SSSR count). The third kappa shape index (κ3) is 3.10. The molecule has 0 amide bonds. The van der Waals surface area contributed by atoms with Crippen molar-refractivity contribution < 1.29 is 23.0 Å². The Hall–Kier alpha value is -1.27. The summed E-state index contributed by atoms with van der Waals surface area (Å²) in [6.45, 7) is -0.318. The van der Waals surface area contributed by atoms with E-state index in [9.17, 15) is 18.3 Å². The van der Waals surface area contributed by atoms with Gasteiger partial charge in [-0.2, -0.15) is 13.2 Å². The summed E-state index contributed by atoms with van der Waals surface area (Å²) in [6.07, 6.45) is -5.05. The summed E-state index contributed by atoms with van der Waals surface area (Å²) >= 11 is 0. The van der Waals surface area contributed by atoms with Crippen molar-refractivity contribution in [1.29, 1.82) is 0 Å². The SMILES string of the molecule is OC1CNCc2ccc(OCC(F)(F)F)cc21. The molecule has 2 N–H and O–H groups in total. The summed E-state index contributed by atoms with van der Waals surface area (Å²) in [6, 6.07) is 4.60. The van der Waals surface area contributed by atoms with E-state index in [0.717, 1.165) is 5.56 Å². The number of nitrogens with one attached hydrogen (secondary N) is 1. The number of aliphatic hydroxyl groups excluding tert-OH is 1. The number of ether oxygens (including phenoxy) is 1. The lowest BCUT2D eigenvalue weighted by Crippen LogP contribution is -2.28. The van der Waals surface area contributed by atoms with Gasteiger partial charge in [-0.05, 0) is 23.3 Å². The van der Waals surface area contributed by atoms with Crippen LogP contribution >= 0.6 is 0 Å². The second-order valence-electron chi connectivity index (χ2n) is 3.91. The number of hydrogen-bond acceptors (Lipinski definition) is 3. The molecule has 1 heterocycles.